The van der Waals surface area contributed by atoms with E-state index in [1.165, 1.54) is 0 Å². The smallest absolute Gasteiger partial charge is 0.171 e. The van der Waals surface area contributed by atoms with Crippen LogP contribution in [0.1, 0.15) is 23.9 Å². The summed E-state index contributed by atoms with van der Waals surface area (Å²) in [6, 6.07) is 5.56. The quantitative estimate of drug-likeness (QED) is 0.921. The molecule has 1 aromatic carbocycles. The molecule has 7 heteroatoms. The van der Waals surface area contributed by atoms with E-state index in [9.17, 15) is 0 Å². The van der Waals surface area contributed by atoms with Gasteiger partial charge in [0, 0.05) is 0 Å². The van der Waals surface area contributed by atoms with Crippen molar-refractivity contribution in [3.05, 3.63) is 39.6 Å². The molecule has 0 bridgehead atoms. The van der Waals surface area contributed by atoms with Crippen molar-refractivity contribution in [2.75, 3.05) is 13.6 Å². The molecule has 0 spiro atoms. The van der Waals surface area contributed by atoms with Crippen LogP contribution in [0.15, 0.2) is 18.2 Å². The molecule has 0 saturated heterocycles. The Balaban J connectivity index is 2.33. The highest BCUT2D eigenvalue weighted by Crippen LogP contribution is 2.28. The second-order valence-electron chi connectivity index (χ2n) is 4.24. The summed E-state index contributed by atoms with van der Waals surface area (Å²) in [4.78, 5) is 1.62. The van der Waals surface area contributed by atoms with E-state index in [2.05, 4.69) is 20.7 Å². The molecule has 1 N–H and O–H groups in total. The number of aromatic nitrogens is 4. The first kappa shape index (κ1) is 14.2. The van der Waals surface area contributed by atoms with Crippen LogP contribution in [0, 0.1) is 6.92 Å². The van der Waals surface area contributed by atoms with Gasteiger partial charge in [0.05, 0.1) is 16.1 Å². The lowest BCUT2D eigenvalue weighted by atomic mass is 10.0. The third-order valence-electron chi connectivity index (χ3n) is 2.80. The van der Waals surface area contributed by atoms with Gasteiger partial charge in [0.2, 0.25) is 0 Å². The summed E-state index contributed by atoms with van der Waals surface area (Å²) in [5.41, 5.74) is 1.02. The number of nitrogens with zero attached hydrogens (tertiary/aromatic N) is 4. The van der Waals surface area contributed by atoms with Crippen LogP contribution in [0.4, 0.5) is 0 Å². The predicted octanol–water partition coefficient (Wildman–Crippen LogP) is 2.49. The molecular weight excluding hydrogens is 285 g/mol. The average Bonchev–Trinajstić information content (AvgIpc) is 2.80. The molecular formula is C12H15Cl2N5. The van der Waals surface area contributed by atoms with Gasteiger partial charge in [-0.25, -0.2) is 0 Å². The average molecular weight is 300 g/mol. The zero-order chi connectivity index (χ0) is 13.8. The Morgan fingerprint density at radius 1 is 1.32 bits per heavy atom. The number of tetrazole rings is 1. The number of hydrogen-bond donors (Lipinski definition) is 1. The van der Waals surface area contributed by atoms with E-state index in [1.54, 1.807) is 10.9 Å². The van der Waals surface area contributed by atoms with Gasteiger partial charge in [0.1, 0.15) is 0 Å². The van der Waals surface area contributed by atoms with Crippen LogP contribution in [0.3, 0.4) is 0 Å². The molecule has 0 amide bonds. The maximum Gasteiger partial charge on any atom is 0.171 e. The van der Waals surface area contributed by atoms with E-state index in [0.717, 1.165) is 18.5 Å². The number of aryl methyl sites for hydroxylation is 1. The van der Waals surface area contributed by atoms with E-state index in [-0.39, 0.29) is 6.04 Å². The first-order valence-electron chi connectivity index (χ1n) is 5.97. The molecule has 0 radical (unpaired) electrons. The molecule has 0 aliphatic carbocycles. The Hall–Kier alpha value is -1.17. The predicted molar refractivity (Wildman–Crippen MR) is 75.7 cm³/mol. The third kappa shape index (κ3) is 3.43. The Kier molecular flexibility index (Phi) is 4.74. The monoisotopic (exact) mass is 299 g/mol. The topological polar surface area (TPSA) is 55.6 Å². The van der Waals surface area contributed by atoms with Crippen molar-refractivity contribution in [3.8, 4) is 0 Å². The van der Waals surface area contributed by atoms with Gasteiger partial charge in [-0.05, 0) is 49.8 Å². The summed E-state index contributed by atoms with van der Waals surface area (Å²) < 4.78 is 0. The minimum atomic E-state index is -0.0107. The van der Waals surface area contributed by atoms with Crippen LogP contribution in [0.2, 0.25) is 10.0 Å². The van der Waals surface area contributed by atoms with Crippen LogP contribution >= 0.6 is 23.2 Å². The first-order valence-corrected chi connectivity index (χ1v) is 6.73. The van der Waals surface area contributed by atoms with Crippen molar-refractivity contribution in [1.82, 2.24) is 25.5 Å². The minimum Gasteiger partial charge on any atom is -0.320 e. The van der Waals surface area contributed by atoms with Gasteiger partial charge < -0.3 is 5.32 Å². The fourth-order valence-electron chi connectivity index (χ4n) is 1.85. The van der Waals surface area contributed by atoms with Crippen LogP contribution < -0.4 is 5.32 Å². The maximum absolute atomic E-state index is 6.07. The van der Waals surface area contributed by atoms with E-state index in [4.69, 9.17) is 23.2 Å². The van der Waals surface area contributed by atoms with Crippen molar-refractivity contribution >= 4 is 23.2 Å². The Labute approximate surface area is 121 Å². The first-order chi connectivity index (χ1) is 9.11. The van der Waals surface area contributed by atoms with Gasteiger partial charge in [-0.3, -0.25) is 0 Å². The summed E-state index contributed by atoms with van der Waals surface area (Å²) in [5.74, 6) is 0.648. The number of benzene rings is 1. The van der Waals surface area contributed by atoms with Gasteiger partial charge in [-0.1, -0.05) is 29.3 Å². The number of nitrogens with one attached hydrogen (secondary N) is 1. The van der Waals surface area contributed by atoms with E-state index >= 15 is 0 Å². The van der Waals surface area contributed by atoms with Crippen molar-refractivity contribution in [1.29, 1.82) is 0 Å². The maximum atomic E-state index is 6.07. The van der Waals surface area contributed by atoms with Crippen molar-refractivity contribution < 1.29 is 0 Å². The lowest BCUT2D eigenvalue weighted by molar-refractivity contribution is 0.421. The van der Waals surface area contributed by atoms with Crippen LogP contribution in [-0.4, -0.2) is 33.8 Å². The number of halogens is 2. The minimum absolute atomic E-state index is 0.0107. The van der Waals surface area contributed by atoms with Gasteiger partial charge in [0.25, 0.3) is 0 Å². The Bertz CT molecular complexity index is 555. The summed E-state index contributed by atoms with van der Waals surface area (Å²) in [7, 11) is 1.91. The zero-order valence-electron chi connectivity index (χ0n) is 10.8. The Morgan fingerprint density at radius 3 is 2.68 bits per heavy atom. The van der Waals surface area contributed by atoms with E-state index in [0.29, 0.717) is 15.9 Å². The normalized spacial score (nSPS) is 12.6. The standard InChI is InChI=1S/C12H15Cl2N5/c1-8-16-18-19(17-8)12(5-6-15-2)9-3-4-10(13)11(14)7-9/h3-4,7,12,15H,5-6H2,1-2H3. The Morgan fingerprint density at radius 2 is 2.11 bits per heavy atom. The largest absolute Gasteiger partial charge is 0.320 e. The van der Waals surface area contributed by atoms with Gasteiger partial charge in [0.15, 0.2) is 5.82 Å². The molecule has 19 heavy (non-hydrogen) atoms. The molecule has 1 unspecified atom stereocenters. The molecule has 0 aliphatic heterocycles. The molecule has 2 aromatic rings. The summed E-state index contributed by atoms with van der Waals surface area (Å²) in [5, 5.41) is 16.5. The highest BCUT2D eigenvalue weighted by Gasteiger charge is 2.17. The molecule has 0 aliphatic rings. The zero-order valence-corrected chi connectivity index (χ0v) is 12.3. The summed E-state index contributed by atoms with van der Waals surface area (Å²) in [6.45, 7) is 2.65. The van der Waals surface area contributed by atoms with Crippen molar-refractivity contribution in [3.63, 3.8) is 0 Å². The second-order valence-corrected chi connectivity index (χ2v) is 5.05. The molecule has 0 fully saturated rings. The van der Waals surface area contributed by atoms with Gasteiger partial charge >= 0.3 is 0 Å². The molecule has 1 aromatic heterocycles. The SMILES string of the molecule is CNCCC(c1ccc(Cl)c(Cl)c1)n1nnc(C)n1. The molecule has 5 nitrogen and oxygen atoms in total. The molecule has 102 valence electrons. The lowest BCUT2D eigenvalue weighted by Gasteiger charge is -2.16. The number of rotatable bonds is 5. The molecule has 2 rings (SSSR count). The van der Waals surface area contributed by atoms with Gasteiger partial charge in [-0.15, -0.1) is 10.2 Å². The van der Waals surface area contributed by atoms with Crippen LogP contribution in [0.25, 0.3) is 0 Å². The fraction of sp³-hybridized carbons (Fsp3) is 0.417. The van der Waals surface area contributed by atoms with Crippen LogP contribution in [0.5, 0.6) is 0 Å². The fourth-order valence-corrected chi connectivity index (χ4v) is 2.15. The molecule has 1 atom stereocenters. The van der Waals surface area contributed by atoms with E-state index < -0.39 is 0 Å². The highest BCUT2D eigenvalue weighted by molar-refractivity contribution is 6.42. The second kappa shape index (κ2) is 6.32. The lowest BCUT2D eigenvalue weighted by Crippen LogP contribution is -2.20. The molecule has 1 heterocycles. The van der Waals surface area contributed by atoms with E-state index in [1.807, 2.05) is 26.1 Å². The summed E-state index contributed by atoms with van der Waals surface area (Å²) >= 11 is 12.0. The molecule has 0 saturated carbocycles. The van der Waals surface area contributed by atoms with Crippen molar-refractivity contribution in [2.24, 2.45) is 0 Å². The van der Waals surface area contributed by atoms with Crippen LogP contribution in [-0.2, 0) is 0 Å². The van der Waals surface area contributed by atoms with Gasteiger partial charge in [-0.2, -0.15) is 4.80 Å². The van der Waals surface area contributed by atoms with Crippen molar-refractivity contribution in [2.45, 2.75) is 19.4 Å². The third-order valence-corrected chi connectivity index (χ3v) is 3.54. The number of hydrogen-bond acceptors (Lipinski definition) is 4. The summed E-state index contributed by atoms with van der Waals surface area (Å²) in [6.07, 6.45) is 0.838. The highest BCUT2D eigenvalue weighted by atomic mass is 35.5.